The second-order valence-corrected chi connectivity index (χ2v) is 4.70. The highest BCUT2D eigenvalue weighted by molar-refractivity contribution is 5.16. The van der Waals surface area contributed by atoms with Crippen LogP contribution in [0.15, 0.2) is 30.3 Å². The second kappa shape index (κ2) is 5.46. The molecular weight excluding hydrogens is 198 g/mol. The van der Waals surface area contributed by atoms with Crippen molar-refractivity contribution in [2.45, 2.75) is 32.5 Å². The fourth-order valence-corrected chi connectivity index (χ4v) is 2.21. The number of rotatable bonds is 3. The van der Waals surface area contributed by atoms with Gasteiger partial charge in [-0.3, -0.25) is 0 Å². The van der Waals surface area contributed by atoms with Crippen molar-refractivity contribution in [3.8, 4) is 0 Å². The first-order chi connectivity index (χ1) is 7.77. The second-order valence-electron chi connectivity index (χ2n) is 4.70. The van der Waals surface area contributed by atoms with Crippen molar-refractivity contribution in [1.82, 2.24) is 5.32 Å². The molecule has 2 heteroatoms. The first-order valence-corrected chi connectivity index (χ1v) is 6.18. The molecule has 0 amide bonds. The van der Waals surface area contributed by atoms with Crippen LogP contribution in [0.4, 0.5) is 0 Å². The summed E-state index contributed by atoms with van der Waals surface area (Å²) in [6.45, 7) is 6.53. The summed E-state index contributed by atoms with van der Waals surface area (Å²) in [6.07, 6.45) is 1.75. The van der Waals surface area contributed by atoms with E-state index < -0.39 is 0 Å². The van der Waals surface area contributed by atoms with E-state index in [1.807, 2.05) is 6.07 Å². The van der Waals surface area contributed by atoms with Crippen LogP contribution >= 0.6 is 0 Å². The van der Waals surface area contributed by atoms with Crippen LogP contribution < -0.4 is 5.32 Å². The molecule has 1 aromatic rings. The summed E-state index contributed by atoms with van der Waals surface area (Å²) < 4.78 is 6.13. The van der Waals surface area contributed by atoms with Crippen LogP contribution in [0, 0.1) is 5.92 Å². The lowest BCUT2D eigenvalue weighted by Crippen LogP contribution is -2.41. The predicted molar refractivity (Wildman–Crippen MR) is 66.4 cm³/mol. The zero-order chi connectivity index (χ0) is 11.4. The van der Waals surface area contributed by atoms with Gasteiger partial charge in [0.2, 0.25) is 0 Å². The smallest absolute Gasteiger partial charge is 0.0801 e. The van der Waals surface area contributed by atoms with Crippen molar-refractivity contribution in [2.75, 3.05) is 13.1 Å². The molecule has 16 heavy (non-hydrogen) atoms. The highest BCUT2D eigenvalue weighted by atomic mass is 16.5. The predicted octanol–water partition coefficient (Wildman–Crippen LogP) is 2.76. The minimum atomic E-state index is 0.188. The van der Waals surface area contributed by atoms with Crippen LogP contribution in [0.5, 0.6) is 0 Å². The Bertz CT molecular complexity index is 312. The van der Waals surface area contributed by atoms with Crippen molar-refractivity contribution >= 4 is 0 Å². The van der Waals surface area contributed by atoms with Crippen LogP contribution in [-0.2, 0) is 4.74 Å². The van der Waals surface area contributed by atoms with E-state index in [4.69, 9.17) is 4.74 Å². The molecule has 1 N–H and O–H groups in total. The number of piperidine rings is 1. The van der Waals surface area contributed by atoms with Gasteiger partial charge in [0.25, 0.3) is 0 Å². The molecule has 1 aromatic carbocycles. The van der Waals surface area contributed by atoms with Crippen molar-refractivity contribution in [2.24, 2.45) is 5.92 Å². The molecular formula is C14H21NO. The Labute approximate surface area is 98.0 Å². The van der Waals surface area contributed by atoms with Crippen molar-refractivity contribution in [3.05, 3.63) is 35.9 Å². The molecule has 0 aromatic heterocycles. The highest BCUT2D eigenvalue weighted by Crippen LogP contribution is 2.23. The zero-order valence-electron chi connectivity index (χ0n) is 10.1. The Morgan fingerprint density at radius 3 is 2.75 bits per heavy atom. The molecule has 3 unspecified atom stereocenters. The average molecular weight is 219 g/mol. The van der Waals surface area contributed by atoms with E-state index in [-0.39, 0.29) is 6.10 Å². The van der Waals surface area contributed by atoms with Gasteiger partial charge in [-0.25, -0.2) is 0 Å². The molecule has 0 spiro atoms. The van der Waals surface area contributed by atoms with E-state index in [9.17, 15) is 0 Å². The third kappa shape index (κ3) is 2.83. The lowest BCUT2D eigenvalue weighted by molar-refractivity contribution is -0.0416. The van der Waals surface area contributed by atoms with E-state index in [1.165, 1.54) is 12.0 Å². The third-order valence-corrected chi connectivity index (χ3v) is 3.40. The van der Waals surface area contributed by atoms with E-state index in [0.29, 0.717) is 12.0 Å². The number of hydrogen-bond donors (Lipinski definition) is 1. The van der Waals surface area contributed by atoms with Gasteiger partial charge in [0.15, 0.2) is 0 Å². The van der Waals surface area contributed by atoms with E-state index in [2.05, 4.69) is 43.4 Å². The molecule has 2 rings (SSSR count). The van der Waals surface area contributed by atoms with Gasteiger partial charge in [-0.15, -0.1) is 0 Å². The summed E-state index contributed by atoms with van der Waals surface area (Å²) in [5.41, 5.74) is 1.26. The average Bonchev–Trinajstić information content (AvgIpc) is 2.33. The third-order valence-electron chi connectivity index (χ3n) is 3.40. The minimum Gasteiger partial charge on any atom is -0.369 e. The number of ether oxygens (including phenoxy) is 1. The summed E-state index contributed by atoms with van der Waals surface area (Å²) in [4.78, 5) is 0. The molecule has 0 radical (unpaired) electrons. The molecule has 1 heterocycles. The van der Waals surface area contributed by atoms with Gasteiger partial charge >= 0.3 is 0 Å². The van der Waals surface area contributed by atoms with Crippen LogP contribution in [0.2, 0.25) is 0 Å². The highest BCUT2D eigenvalue weighted by Gasteiger charge is 2.23. The summed E-state index contributed by atoms with van der Waals surface area (Å²) in [5, 5.41) is 3.40. The Kier molecular flexibility index (Phi) is 3.97. The van der Waals surface area contributed by atoms with Gasteiger partial charge in [0.1, 0.15) is 0 Å². The summed E-state index contributed by atoms with van der Waals surface area (Å²) >= 11 is 0. The van der Waals surface area contributed by atoms with Gasteiger partial charge in [-0.05, 0) is 31.4 Å². The summed E-state index contributed by atoms with van der Waals surface area (Å²) in [5.74, 6) is 0.660. The van der Waals surface area contributed by atoms with Gasteiger partial charge in [-0.1, -0.05) is 37.3 Å². The normalized spacial score (nSPS) is 27.6. The largest absolute Gasteiger partial charge is 0.369 e. The quantitative estimate of drug-likeness (QED) is 0.844. The Hall–Kier alpha value is -0.860. The van der Waals surface area contributed by atoms with Gasteiger partial charge in [0.05, 0.1) is 12.2 Å². The van der Waals surface area contributed by atoms with Gasteiger partial charge < -0.3 is 10.1 Å². The number of hydrogen-bond acceptors (Lipinski definition) is 2. The van der Waals surface area contributed by atoms with Crippen LogP contribution in [0.3, 0.4) is 0 Å². The maximum atomic E-state index is 6.13. The van der Waals surface area contributed by atoms with Gasteiger partial charge in [0, 0.05) is 6.54 Å². The lowest BCUT2D eigenvalue weighted by atomic mass is 9.97. The molecule has 1 aliphatic heterocycles. The maximum absolute atomic E-state index is 6.13. The molecule has 3 atom stereocenters. The van der Waals surface area contributed by atoms with Crippen LogP contribution in [0.25, 0.3) is 0 Å². The van der Waals surface area contributed by atoms with E-state index >= 15 is 0 Å². The fourth-order valence-electron chi connectivity index (χ4n) is 2.21. The van der Waals surface area contributed by atoms with Crippen LogP contribution in [-0.4, -0.2) is 19.2 Å². The number of nitrogens with one attached hydrogen (secondary N) is 1. The van der Waals surface area contributed by atoms with Crippen molar-refractivity contribution in [1.29, 1.82) is 0 Å². The monoisotopic (exact) mass is 219 g/mol. The molecule has 1 saturated heterocycles. The molecule has 0 bridgehead atoms. The van der Waals surface area contributed by atoms with Crippen molar-refractivity contribution < 1.29 is 4.74 Å². The fraction of sp³-hybridized carbons (Fsp3) is 0.571. The van der Waals surface area contributed by atoms with E-state index in [0.717, 1.165) is 13.1 Å². The molecule has 88 valence electrons. The topological polar surface area (TPSA) is 21.3 Å². The molecule has 1 fully saturated rings. The zero-order valence-corrected chi connectivity index (χ0v) is 10.1. The summed E-state index contributed by atoms with van der Waals surface area (Å²) in [7, 11) is 0. The van der Waals surface area contributed by atoms with Gasteiger partial charge in [-0.2, -0.15) is 0 Å². The first kappa shape index (κ1) is 11.6. The summed E-state index contributed by atoms with van der Waals surface area (Å²) in [6, 6.07) is 10.4. The Balaban J connectivity index is 1.94. The molecule has 1 aliphatic rings. The SMILES string of the molecule is CC(OC1CNCCC1C)c1ccccc1. The standard InChI is InChI=1S/C14H21NO/c1-11-8-9-15-10-14(11)16-12(2)13-6-4-3-5-7-13/h3-7,11-12,14-15H,8-10H2,1-2H3. The van der Waals surface area contributed by atoms with Crippen molar-refractivity contribution in [3.63, 3.8) is 0 Å². The van der Waals surface area contributed by atoms with Crippen LogP contribution in [0.1, 0.15) is 31.9 Å². The molecule has 0 saturated carbocycles. The maximum Gasteiger partial charge on any atom is 0.0801 e. The Morgan fingerprint density at radius 2 is 2.06 bits per heavy atom. The lowest BCUT2D eigenvalue weighted by Gasteiger charge is -2.32. The minimum absolute atomic E-state index is 0.188. The molecule has 2 nitrogen and oxygen atoms in total. The molecule has 0 aliphatic carbocycles. The van der Waals surface area contributed by atoms with E-state index in [1.54, 1.807) is 0 Å². The first-order valence-electron chi connectivity index (χ1n) is 6.18. The Morgan fingerprint density at radius 1 is 1.31 bits per heavy atom. The number of benzene rings is 1.